The van der Waals surface area contributed by atoms with Crippen molar-refractivity contribution in [2.45, 2.75) is 76.0 Å². The maximum absolute atomic E-state index is 13.6. The van der Waals surface area contributed by atoms with E-state index in [1.165, 1.54) is 0 Å². The van der Waals surface area contributed by atoms with Gasteiger partial charge in [-0.3, -0.25) is 19.2 Å². The third kappa shape index (κ3) is 9.54. The van der Waals surface area contributed by atoms with Gasteiger partial charge in [-0.15, -0.1) is 0 Å². The molecule has 2 aliphatic rings. The van der Waals surface area contributed by atoms with Gasteiger partial charge < -0.3 is 26.4 Å². The summed E-state index contributed by atoms with van der Waals surface area (Å²) in [7, 11) is 0. The summed E-state index contributed by atoms with van der Waals surface area (Å²) in [4.78, 5) is 63.6. The number of hydrogen-bond donors (Lipinski definition) is 4. The van der Waals surface area contributed by atoms with Crippen molar-refractivity contribution in [3.63, 3.8) is 0 Å². The monoisotopic (exact) mass is 610 g/mol. The number of benzene rings is 2. The maximum atomic E-state index is 13.6. The Morgan fingerprint density at radius 2 is 1.67 bits per heavy atom. The van der Waals surface area contributed by atoms with Crippen LogP contribution in [0.2, 0.25) is 5.02 Å². The molecule has 1 saturated carbocycles. The lowest BCUT2D eigenvalue weighted by Gasteiger charge is -2.28. The minimum Gasteiger partial charge on any atom is -0.441 e. The highest BCUT2D eigenvalue weighted by Crippen LogP contribution is 2.28. The fraction of sp³-hybridized carbons (Fsp3) is 0.469. The van der Waals surface area contributed by atoms with Crippen molar-refractivity contribution in [3.8, 4) is 0 Å². The van der Waals surface area contributed by atoms with E-state index < -0.39 is 47.8 Å². The molecule has 4 rings (SSSR count). The first-order valence-corrected chi connectivity index (χ1v) is 15.3. The van der Waals surface area contributed by atoms with E-state index in [0.29, 0.717) is 30.8 Å². The van der Waals surface area contributed by atoms with Crippen molar-refractivity contribution in [3.05, 3.63) is 70.7 Å². The van der Waals surface area contributed by atoms with Gasteiger partial charge in [-0.25, -0.2) is 4.79 Å². The van der Waals surface area contributed by atoms with Crippen molar-refractivity contribution in [1.29, 1.82) is 0 Å². The number of carbonyl (C=O) groups is 5. The molecule has 11 heteroatoms. The van der Waals surface area contributed by atoms with Gasteiger partial charge in [0.1, 0.15) is 12.1 Å². The zero-order valence-corrected chi connectivity index (χ0v) is 24.8. The van der Waals surface area contributed by atoms with Crippen LogP contribution in [0.5, 0.6) is 0 Å². The predicted octanol–water partition coefficient (Wildman–Crippen LogP) is 3.75. The number of rotatable bonds is 13. The summed E-state index contributed by atoms with van der Waals surface area (Å²) in [5, 5.41) is 8.60. The second-order valence-electron chi connectivity index (χ2n) is 11.4. The van der Waals surface area contributed by atoms with E-state index in [0.717, 1.165) is 43.2 Å². The van der Waals surface area contributed by atoms with Crippen LogP contribution in [0, 0.1) is 11.8 Å². The van der Waals surface area contributed by atoms with Gasteiger partial charge in [-0.05, 0) is 48.4 Å². The molecular formula is C32H39ClN4O6. The van der Waals surface area contributed by atoms with Crippen LogP contribution in [0.25, 0.3) is 0 Å². The molecule has 1 aliphatic carbocycles. The molecule has 1 saturated heterocycles. The number of primary amides is 1. The Morgan fingerprint density at radius 3 is 2.33 bits per heavy atom. The fourth-order valence-corrected chi connectivity index (χ4v) is 6.11. The van der Waals surface area contributed by atoms with Gasteiger partial charge in [0.25, 0.3) is 5.91 Å². The van der Waals surface area contributed by atoms with Crippen molar-refractivity contribution in [2.24, 2.45) is 17.6 Å². The Hall–Kier alpha value is -3.92. The molecule has 2 aromatic rings. The van der Waals surface area contributed by atoms with Crippen LogP contribution in [0.3, 0.4) is 0 Å². The van der Waals surface area contributed by atoms with E-state index in [1.54, 1.807) is 12.1 Å². The Bertz CT molecular complexity index is 1300. The van der Waals surface area contributed by atoms with Crippen LogP contribution in [0.1, 0.15) is 68.6 Å². The summed E-state index contributed by atoms with van der Waals surface area (Å²) in [6.45, 7) is 0.449. The van der Waals surface area contributed by atoms with E-state index in [9.17, 15) is 24.0 Å². The molecule has 4 amide bonds. The normalized spacial score (nSPS) is 19.0. The standard InChI is InChI=1S/C32H39ClN4O6/c33-24-13-7-10-21(16-24)18-27(22-11-5-2-6-12-22)43-32(42)37-26(17-20-8-3-1-4-9-20)31(41)36-25(28(38)29(34)39)19-23-14-15-35-30(23)40/h2,5-7,10-13,16,20,23,25-27H,1,3-4,8-9,14-15,17-19H2,(H2,34,39)(H,35,40)(H,36,41)(H,37,42). The fourth-order valence-electron chi connectivity index (χ4n) is 5.90. The summed E-state index contributed by atoms with van der Waals surface area (Å²) in [6, 6.07) is 14.2. The second kappa shape index (κ2) is 15.5. The molecule has 230 valence electrons. The molecule has 4 atom stereocenters. The minimum atomic E-state index is -1.29. The maximum Gasteiger partial charge on any atom is 0.408 e. The summed E-state index contributed by atoms with van der Waals surface area (Å²) < 4.78 is 5.90. The number of carbonyl (C=O) groups excluding carboxylic acids is 5. The number of ketones is 1. The smallest absolute Gasteiger partial charge is 0.408 e. The SMILES string of the molecule is NC(=O)C(=O)C(CC1CCNC1=O)NC(=O)C(CC1CCCCC1)NC(=O)OC(Cc1cccc(Cl)c1)c1ccccc1. The largest absolute Gasteiger partial charge is 0.441 e. The molecule has 4 unspecified atom stereocenters. The highest BCUT2D eigenvalue weighted by molar-refractivity contribution is 6.38. The number of halogens is 1. The van der Waals surface area contributed by atoms with E-state index in [2.05, 4.69) is 16.0 Å². The van der Waals surface area contributed by atoms with Crippen LogP contribution >= 0.6 is 11.6 Å². The number of ether oxygens (including phenoxy) is 1. The molecular weight excluding hydrogens is 572 g/mol. The van der Waals surface area contributed by atoms with Crippen molar-refractivity contribution >= 4 is 41.2 Å². The number of nitrogens with two attached hydrogens (primary N) is 1. The molecule has 2 fully saturated rings. The van der Waals surface area contributed by atoms with Crippen LogP contribution in [0.4, 0.5) is 4.79 Å². The number of nitrogens with one attached hydrogen (secondary N) is 3. The molecule has 0 bridgehead atoms. The van der Waals surface area contributed by atoms with Crippen LogP contribution < -0.4 is 21.7 Å². The van der Waals surface area contributed by atoms with Crippen molar-refractivity contribution in [1.82, 2.24) is 16.0 Å². The zero-order chi connectivity index (χ0) is 30.8. The topological polar surface area (TPSA) is 157 Å². The Kier molecular flexibility index (Phi) is 11.6. The third-order valence-electron chi connectivity index (χ3n) is 8.19. The number of Topliss-reactive ketones (excluding diaryl/α,β-unsaturated/α-hetero) is 1. The van der Waals surface area contributed by atoms with E-state index in [1.807, 2.05) is 42.5 Å². The molecule has 43 heavy (non-hydrogen) atoms. The van der Waals surface area contributed by atoms with Gasteiger partial charge in [0.2, 0.25) is 17.6 Å². The quantitative estimate of drug-likeness (QED) is 0.253. The zero-order valence-electron chi connectivity index (χ0n) is 24.1. The van der Waals surface area contributed by atoms with E-state index in [4.69, 9.17) is 22.1 Å². The van der Waals surface area contributed by atoms with E-state index in [-0.39, 0.29) is 18.2 Å². The first-order chi connectivity index (χ1) is 20.7. The van der Waals surface area contributed by atoms with Gasteiger partial charge in [-0.2, -0.15) is 0 Å². The van der Waals surface area contributed by atoms with Gasteiger partial charge >= 0.3 is 6.09 Å². The molecule has 5 N–H and O–H groups in total. The van der Waals surface area contributed by atoms with Gasteiger partial charge in [-0.1, -0.05) is 86.2 Å². The molecule has 1 aliphatic heterocycles. The molecule has 0 aromatic heterocycles. The van der Waals surface area contributed by atoms with Gasteiger partial charge in [0, 0.05) is 23.9 Å². The Morgan fingerprint density at radius 1 is 0.930 bits per heavy atom. The number of alkyl carbamates (subject to hydrolysis) is 1. The van der Waals surface area contributed by atoms with E-state index >= 15 is 0 Å². The molecule has 10 nitrogen and oxygen atoms in total. The van der Waals surface area contributed by atoms with Crippen LogP contribution in [-0.4, -0.2) is 48.2 Å². The number of hydrogen-bond acceptors (Lipinski definition) is 6. The first kappa shape index (κ1) is 32.0. The van der Waals surface area contributed by atoms with Crippen molar-refractivity contribution in [2.75, 3.05) is 6.54 Å². The second-order valence-corrected chi connectivity index (χ2v) is 11.8. The third-order valence-corrected chi connectivity index (χ3v) is 8.43. The Labute approximate surface area is 256 Å². The average molecular weight is 611 g/mol. The molecule has 0 radical (unpaired) electrons. The van der Waals surface area contributed by atoms with Gasteiger partial charge in [0.15, 0.2) is 0 Å². The van der Waals surface area contributed by atoms with Crippen LogP contribution in [0.15, 0.2) is 54.6 Å². The molecule has 1 heterocycles. The minimum absolute atomic E-state index is 0.0599. The highest BCUT2D eigenvalue weighted by Gasteiger charge is 2.36. The average Bonchev–Trinajstić information content (AvgIpc) is 3.40. The summed E-state index contributed by atoms with van der Waals surface area (Å²) in [5.74, 6) is -3.42. The Balaban J connectivity index is 1.51. The predicted molar refractivity (Wildman–Crippen MR) is 161 cm³/mol. The lowest BCUT2D eigenvalue weighted by molar-refractivity contribution is -0.139. The summed E-state index contributed by atoms with van der Waals surface area (Å²) >= 11 is 6.18. The van der Waals surface area contributed by atoms with Crippen LogP contribution in [-0.2, 0) is 30.3 Å². The van der Waals surface area contributed by atoms with Gasteiger partial charge in [0.05, 0.1) is 6.04 Å². The first-order valence-electron chi connectivity index (χ1n) is 14.9. The van der Waals surface area contributed by atoms with Crippen molar-refractivity contribution < 1.29 is 28.7 Å². The molecule has 0 spiro atoms. The summed E-state index contributed by atoms with van der Waals surface area (Å²) in [5.41, 5.74) is 6.91. The highest BCUT2D eigenvalue weighted by atomic mass is 35.5. The lowest BCUT2D eigenvalue weighted by atomic mass is 9.84. The number of amides is 4. The summed E-state index contributed by atoms with van der Waals surface area (Å²) in [6.07, 6.45) is 4.64. The molecule has 2 aromatic carbocycles. The lowest BCUT2D eigenvalue weighted by Crippen LogP contribution is -2.54.